The summed E-state index contributed by atoms with van der Waals surface area (Å²) >= 11 is 4.57. The Hall–Kier alpha value is -0.0000000000000000833. The molecule has 0 saturated carbocycles. The van der Waals surface area contributed by atoms with Crippen molar-refractivity contribution in [2.75, 3.05) is 0 Å². The van der Waals surface area contributed by atoms with Gasteiger partial charge in [-0.3, -0.25) is 0 Å². The number of thiophene rings is 1. The second-order valence-corrected chi connectivity index (χ2v) is 4.86. The molecular formula is C7H7BrF2OS. The van der Waals surface area contributed by atoms with Crippen LogP contribution in [0.3, 0.4) is 0 Å². The van der Waals surface area contributed by atoms with Gasteiger partial charge in [-0.2, -0.15) is 0 Å². The molecule has 0 amide bonds. The van der Waals surface area contributed by atoms with Crippen molar-refractivity contribution in [3.8, 4) is 0 Å². The molecule has 0 spiro atoms. The molecule has 1 nitrogen and oxygen atoms in total. The van der Waals surface area contributed by atoms with Crippen molar-refractivity contribution in [1.82, 2.24) is 0 Å². The Morgan fingerprint density at radius 2 is 2.17 bits per heavy atom. The van der Waals surface area contributed by atoms with Gasteiger partial charge in [0.25, 0.3) is 6.43 Å². The molecule has 1 heterocycles. The summed E-state index contributed by atoms with van der Waals surface area (Å²) in [7, 11) is 0. The number of rotatable bonds is 3. The minimum atomic E-state index is -2.66. The van der Waals surface area contributed by atoms with E-state index in [4.69, 9.17) is 5.11 Å². The average Bonchev–Trinajstić information content (AvgIpc) is 2.35. The van der Waals surface area contributed by atoms with Crippen molar-refractivity contribution >= 4 is 27.3 Å². The molecule has 0 saturated heterocycles. The highest BCUT2D eigenvalue weighted by atomic mass is 79.9. The van der Waals surface area contributed by atoms with E-state index >= 15 is 0 Å². The molecule has 0 radical (unpaired) electrons. The van der Waals surface area contributed by atoms with Crippen molar-refractivity contribution in [3.05, 3.63) is 20.8 Å². The Bertz CT molecular complexity index is 251. The first kappa shape index (κ1) is 10.1. The summed E-state index contributed by atoms with van der Waals surface area (Å²) < 4.78 is 24.6. The summed E-state index contributed by atoms with van der Waals surface area (Å²) in [6.07, 6.45) is -4.19. The molecule has 1 rings (SSSR count). The third-order valence-electron chi connectivity index (χ3n) is 1.33. The lowest BCUT2D eigenvalue weighted by atomic mass is 10.2. The zero-order chi connectivity index (χ0) is 9.14. The average molecular weight is 257 g/mol. The summed E-state index contributed by atoms with van der Waals surface area (Å²) in [4.78, 5) is 0.759. The second-order valence-electron chi connectivity index (χ2n) is 2.31. The van der Waals surface area contributed by atoms with E-state index in [1.165, 1.54) is 11.3 Å². The molecule has 0 bridgehead atoms. The van der Waals surface area contributed by atoms with Crippen LogP contribution >= 0.6 is 27.3 Å². The van der Waals surface area contributed by atoms with Crippen LogP contribution < -0.4 is 0 Å². The topological polar surface area (TPSA) is 20.2 Å². The van der Waals surface area contributed by atoms with E-state index in [9.17, 15) is 8.78 Å². The van der Waals surface area contributed by atoms with Gasteiger partial charge >= 0.3 is 0 Å². The molecule has 0 aliphatic rings. The van der Waals surface area contributed by atoms with Crippen LogP contribution in [0.15, 0.2) is 15.9 Å². The zero-order valence-corrected chi connectivity index (χ0v) is 8.41. The molecule has 0 fully saturated rings. The van der Waals surface area contributed by atoms with Gasteiger partial charge in [0.15, 0.2) is 0 Å². The molecule has 0 aliphatic carbocycles. The fourth-order valence-electron chi connectivity index (χ4n) is 0.757. The maximum Gasteiger partial charge on any atom is 0.264 e. The summed E-state index contributed by atoms with van der Waals surface area (Å²) in [5.74, 6) is 0. The molecule has 12 heavy (non-hydrogen) atoms. The molecular weight excluding hydrogens is 250 g/mol. The third kappa shape index (κ3) is 2.80. The van der Waals surface area contributed by atoms with Crippen LogP contribution in [0, 0.1) is 0 Å². The molecule has 5 heteroatoms. The third-order valence-corrected chi connectivity index (χ3v) is 2.98. The van der Waals surface area contributed by atoms with E-state index in [1.54, 1.807) is 12.1 Å². The van der Waals surface area contributed by atoms with E-state index in [1.807, 2.05) is 0 Å². The molecule has 1 atom stereocenters. The molecule has 1 unspecified atom stereocenters. The Kier molecular flexibility index (Phi) is 3.61. The first-order chi connectivity index (χ1) is 5.59. The Morgan fingerprint density at radius 1 is 1.50 bits per heavy atom. The highest BCUT2D eigenvalue weighted by molar-refractivity contribution is 9.11. The van der Waals surface area contributed by atoms with Gasteiger partial charge in [0.1, 0.15) is 6.10 Å². The van der Waals surface area contributed by atoms with E-state index in [0.29, 0.717) is 0 Å². The maximum atomic E-state index is 11.9. The predicted octanol–water partition coefficient (Wildman–Crippen LogP) is 2.68. The standard InChI is InChI=1S/C7H7BrF2OS/c8-6-2-1-4(12-6)3-5(11)7(9)10/h1-2,5,7,11H,3H2. The second kappa shape index (κ2) is 4.30. The Labute approximate surface area is 81.2 Å². The van der Waals surface area contributed by atoms with E-state index < -0.39 is 12.5 Å². The van der Waals surface area contributed by atoms with Crippen LogP contribution in [-0.4, -0.2) is 17.6 Å². The molecule has 1 N–H and O–H groups in total. The van der Waals surface area contributed by atoms with Crippen molar-refractivity contribution in [1.29, 1.82) is 0 Å². The van der Waals surface area contributed by atoms with Crippen LogP contribution in [0.4, 0.5) is 8.78 Å². The number of aliphatic hydroxyl groups is 1. The summed E-state index contributed by atoms with van der Waals surface area (Å²) in [5.41, 5.74) is 0. The number of hydrogen-bond donors (Lipinski definition) is 1. The lowest BCUT2D eigenvalue weighted by Gasteiger charge is -2.06. The van der Waals surface area contributed by atoms with Gasteiger partial charge in [0.2, 0.25) is 0 Å². The quantitative estimate of drug-likeness (QED) is 0.882. The van der Waals surface area contributed by atoms with Crippen LogP contribution in [-0.2, 0) is 6.42 Å². The van der Waals surface area contributed by atoms with Gasteiger partial charge in [-0.25, -0.2) is 8.78 Å². The Morgan fingerprint density at radius 3 is 2.58 bits per heavy atom. The monoisotopic (exact) mass is 256 g/mol. The number of hydrogen-bond acceptors (Lipinski definition) is 2. The van der Waals surface area contributed by atoms with E-state index in [0.717, 1.165) is 8.66 Å². The highest BCUT2D eigenvalue weighted by Crippen LogP contribution is 2.23. The zero-order valence-electron chi connectivity index (χ0n) is 6.01. The van der Waals surface area contributed by atoms with Crippen molar-refractivity contribution < 1.29 is 13.9 Å². The normalized spacial score (nSPS) is 13.8. The van der Waals surface area contributed by atoms with Crippen molar-refractivity contribution in [2.45, 2.75) is 19.0 Å². The SMILES string of the molecule is OC(Cc1ccc(Br)s1)C(F)F. The van der Waals surface area contributed by atoms with Crippen LogP contribution in [0.2, 0.25) is 0 Å². The van der Waals surface area contributed by atoms with Gasteiger partial charge in [0, 0.05) is 11.3 Å². The summed E-state index contributed by atoms with van der Waals surface area (Å²) in [6.45, 7) is 0. The highest BCUT2D eigenvalue weighted by Gasteiger charge is 2.17. The van der Waals surface area contributed by atoms with Gasteiger partial charge < -0.3 is 5.11 Å². The molecule has 0 aliphatic heterocycles. The lowest BCUT2D eigenvalue weighted by molar-refractivity contribution is -0.00322. The maximum absolute atomic E-state index is 11.9. The molecule has 1 aromatic heterocycles. The summed E-state index contributed by atoms with van der Waals surface area (Å²) in [5, 5.41) is 8.83. The van der Waals surface area contributed by atoms with Gasteiger partial charge in [-0.1, -0.05) is 0 Å². The smallest absolute Gasteiger partial charge is 0.264 e. The van der Waals surface area contributed by atoms with Crippen molar-refractivity contribution in [2.24, 2.45) is 0 Å². The number of halogens is 3. The predicted molar refractivity (Wildman–Crippen MR) is 47.7 cm³/mol. The number of aliphatic hydroxyl groups excluding tert-OH is 1. The van der Waals surface area contributed by atoms with E-state index in [-0.39, 0.29) is 6.42 Å². The Balaban J connectivity index is 2.52. The molecule has 0 aromatic carbocycles. The first-order valence-electron chi connectivity index (χ1n) is 3.30. The van der Waals surface area contributed by atoms with Crippen LogP contribution in [0.25, 0.3) is 0 Å². The van der Waals surface area contributed by atoms with Crippen molar-refractivity contribution in [3.63, 3.8) is 0 Å². The first-order valence-corrected chi connectivity index (χ1v) is 4.91. The fraction of sp³-hybridized carbons (Fsp3) is 0.429. The van der Waals surface area contributed by atoms with Gasteiger partial charge in [-0.05, 0) is 28.1 Å². The number of alkyl halides is 2. The lowest BCUT2D eigenvalue weighted by Crippen LogP contribution is -2.19. The molecule has 1 aromatic rings. The van der Waals surface area contributed by atoms with Gasteiger partial charge in [0.05, 0.1) is 3.79 Å². The van der Waals surface area contributed by atoms with Gasteiger partial charge in [-0.15, -0.1) is 11.3 Å². The van der Waals surface area contributed by atoms with E-state index in [2.05, 4.69) is 15.9 Å². The minimum absolute atomic E-state index is 0.0218. The minimum Gasteiger partial charge on any atom is -0.387 e. The summed E-state index contributed by atoms with van der Waals surface area (Å²) in [6, 6.07) is 3.50. The fourth-order valence-corrected chi connectivity index (χ4v) is 2.29. The van der Waals surface area contributed by atoms with Crippen LogP contribution in [0.5, 0.6) is 0 Å². The van der Waals surface area contributed by atoms with Crippen LogP contribution in [0.1, 0.15) is 4.88 Å². The molecule has 68 valence electrons. The largest absolute Gasteiger partial charge is 0.387 e.